The number of ketones is 1. The summed E-state index contributed by atoms with van der Waals surface area (Å²) in [7, 11) is 3.02. The Morgan fingerprint density at radius 2 is 1.65 bits per heavy atom. The predicted octanol–water partition coefficient (Wildman–Crippen LogP) is 4.65. The van der Waals surface area contributed by atoms with Gasteiger partial charge in [0.05, 0.1) is 31.4 Å². The average molecular weight is 459 g/mol. The maximum Gasteiger partial charge on any atom is 0.300 e. The molecule has 0 bridgehead atoms. The summed E-state index contributed by atoms with van der Waals surface area (Å²) in [6.07, 6.45) is 0. The van der Waals surface area contributed by atoms with E-state index in [0.29, 0.717) is 28.3 Å². The lowest BCUT2D eigenvalue weighted by Gasteiger charge is -2.26. The zero-order chi connectivity index (χ0) is 24.6. The zero-order valence-corrected chi connectivity index (χ0v) is 19.3. The van der Waals surface area contributed by atoms with Gasteiger partial charge in [-0.2, -0.15) is 0 Å². The number of rotatable bonds is 5. The van der Waals surface area contributed by atoms with Crippen molar-refractivity contribution in [2.24, 2.45) is 0 Å². The van der Waals surface area contributed by atoms with Gasteiger partial charge in [0.25, 0.3) is 11.7 Å². The first-order valence-electron chi connectivity index (χ1n) is 10.7. The lowest BCUT2D eigenvalue weighted by atomic mass is 9.93. The van der Waals surface area contributed by atoms with Gasteiger partial charge in [-0.25, -0.2) is 0 Å². The van der Waals surface area contributed by atoms with Crippen LogP contribution in [0.5, 0.6) is 17.2 Å². The van der Waals surface area contributed by atoms with E-state index in [1.807, 2.05) is 19.9 Å². The Morgan fingerprint density at radius 3 is 2.26 bits per heavy atom. The Bertz CT molecular complexity index is 1310. The van der Waals surface area contributed by atoms with Crippen LogP contribution in [0.25, 0.3) is 5.76 Å². The molecule has 0 radical (unpaired) electrons. The number of hydrogen-bond acceptors (Lipinski definition) is 6. The lowest BCUT2D eigenvalue weighted by molar-refractivity contribution is -0.132. The fourth-order valence-corrected chi connectivity index (χ4v) is 4.40. The molecule has 1 fully saturated rings. The number of methoxy groups -OCH3 is 2. The van der Waals surface area contributed by atoms with Crippen molar-refractivity contribution < 1.29 is 29.3 Å². The maximum atomic E-state index is 13.3. The highest BCUT2D eigenvalue weighted by molar-refractivity contribution is 6.51. The number of aryl methyl sites for hydroxylation is 2. The number of anilines is 1. The quantitative estimate of drug-likeness (QED) is 0.328. The van der Waals surface area contributed by atoms with Gasteiger partial charge in [0, 0.05) is 5.69 Å². The van der Waals surface area contributed by atoms with E-state index in [1.54, 1.807) is 42.5 Å². The standard InChI is InChI=1S/C27H25NO6/c1-15-12-16(2)26(34-4)21(13-15)24(30)22-23(17-6-5-7-19(29)14-17)28(27(32)25(22)31)18-8-10-20(33-3)11-9-18/h5-14,23,29-30H,1-4H3/b24-22+. The van der Waals surface area contributed by atoms with E-state index in [1.165, 1.54) is 31.3 Å². The van der Waals surface area contributed by atoms with Gasteiger partial charge in [-0.1, -0.05) is 18.2 Å². The van der Waals surface area contributed by atoms with Gasteiger partial charge >= 0.3 is 0 Å². The number of benzene rings is 3. The number of carbonyl (C=O) groups excluding carboxylic acids is 2. The third-order valence-electron chi connectivity index (χ3n) is 5.86. The molecule has 0 aliphatic carbocycles. The number of nitrogens with zero attached hydrogens (tertiary/aromatic N) is 1. The minimum absolute atomic E-state index is 0.0261. The van der Waals surface area contributed by atoms with E-state index in [4.69, 9.17) is 9.47 Å². The Kier molecular flexibility index (Phi) is 6.03. The normalized spacial score (nSPS) is 17.2. The molecular weight excluding hydrogens is 434 g/mol. The average Bonchev–Trinajstić information content (AvgIpc) is 3.08. The molecule has 1 aliphatic heterocycles. The number of ether oxygens (including phenoxy) is 2. The summed E-state index contributed by atoms with van der Waals surface area (Å²) in [5.41, 5.74) is 2.79. The summed E-state index contributed by atoms with van der Waals surface area (Å²) in [5.74, 6) is -0.984. The van der Waals surface area contributed by atoms with E-state index in [0.717, 1.165) is 11.1 Å². The van der Waals surface area contributed by atoms with Crippen LogP contribution in [0.1, 0.15) is 28.3 Å². The minimum Gasteiger partial charge on any atom is -0.508 e. The predicted molar refractivity (Wildman–Crippen MR) is 128 cm³/mol. The first kappa shape index (κ1) is 22.9. The highest BCUT2D eigenvalue weighted by atomic mass is 16.5. The van der Waals surface area contributed by atoms with Crippen LogP contribution in [-0.2, 0) is 9.59 Å². The molecule has 1 unspecified atom stereocenters. The second kappa shape index (κ2) is 8.94. The van der Waals surface area contributed by atoms with Gasteiger partial charge in [0.2, 0.25) is 0 Å². The topological polar surface area (TPSA) is 96.3 Å². The van der Waals surface area contributed by atoms with Crippen molar-refractivity contribution in [3.63, 3.8) is 0 Å². The summed E-state index contributed by atoms with van der Waals surface area (Å²) in [6, 6.07) is 15.6. The fraction of sp³-hybridized carbons (Fsp3) is 0.185. The van der Waals surface area contributed by atoms with Crippen molar-refractivity contribution in [3.8, 4) is 17.2 Å². The largest absolute Gasteiger partial charge is 0.508 e. The number of carbonyl (C=O) groups is 2. The smallest absolute Gasteiger partial charge is 0.300 e. The summed E-state index contributed by atoms with van der Waals surface area (Å²) in [4.78, 5) is 27.9. The number of phenols is 1. The number of Topliss-reactive ketones (excluding diaryl/α,β-unsaturated/α-hetero) is 1. The lowest BCUT2D eigenvalue weighted by Crippen LogP contribution is -2.29. The van der Waals surface area contributed by atoms with Crippen LogP contribution >= 0.6 is 0 Å². The van der Waals surface area contributed by atoms with Crippen molar-refractivity contribution in [2.45, 2.75) is 19.9 Å². The Morgan fingerprint density at radius 1 is 0.941 bits per heavy atom. The molecule has 4 rings (SSSR count). The molecule has 174 valence electrons. The summed E-state index contributed by atoms with van der Waals surface area (Å²) in [6.45, 7) is 3.71. The molecule has 0 spiro atoms. The monoisotopic (exact) mass is 459 g/mol. The van der Waals surface area contributed by atoms with E-state index >= 15 is 0 Å². The van der Waals surface area contributed by atoms with Crippen LogP contribution in [0.3, 0.4) is 0 Å². The fourth-order valence-electron chi connectivity index (χ4n) is 4.40. The molecule has 0 aromatic heterocycles. The van der Waals surface area contributed by atoms with Crippen LogP contribution in [-0.4, -0.2) is 36.1 Å². The van der Waals surface area contributed by atoms with Crippen molar-refractivity contribution >= 4 is 23.1 Å². The molecule has 1 heterocycles. The van der Waals surface area contributed by atoms with Gasteiger partial charge in [-0.15, -0.1) is 0 Å². The number of hydrogen-bond donors (Lipinski definition) is 2. The van der Waals surface area contributed by atoms with Crippen LogP contribution in [0.2, 0.25) is 0 Å². The molecule has 1 amide bonds. The molecule has 2 N–H and O–H groups in total. The minimum atomic E-state index is -0.967. The number of aliphatic hydroxyl groups is 1. The summed E-state index contributed by atoms with van der Waals surface area (Å²) >= 11 is 0. The number of aromatic hydroxyl groups is 1. The van der Waals surface area contributed by atoms with Crippen LogP contribution in [0, 0.1) is 13.8 Å². The van der Waals surface area contributed by atoms with E-state index in [-0.39, 0.29) is 17.1 Å². The molecule has 34 heavy (non-hydrogen) atoms. The SMILES string of the molecule is COc1ccc(N2C(=O)C(=O)/C(=C(/O)c3cc(C)cc(C)c3OC)C2c2cccc(O)c2)cc1. The van der Waals surface area contributed by atoms with Crippen LogP contribution in [0.4, 0.5) is 5.69 Å². The van der Waals surface area contributed by atoms with E-state index in [2.05, 4.69) is 0 Å². The first-order chi connectivity index (χ1) is 16.3. The second-order valence-corrected chi connectivity index (χ2v) is 8.12. The number of phenolic OH excluding ortho intramolecular Hbond substituents is 1. The highest BCUT2D eigenvalue weighted by Gasteiger charge is 2.47. The van der Waals surface area contributed by atoms with Gasteiger partial charge in [0.15, 0.2) is 0 Å². The highest BCUT2D eigenvalue weighted by Crippen LogP contribution is 2.44. The Balaban J connectivity index is 1.99. The molecule has 1 aliphatic rings. The van der Waals surface area contributed by atoms with Gasteiger partial charge in [-0.3, -0.25) is 14.5 Å². The number of amides is 1. The maximum absolute atomic E-state index is 13.3. The zero-order valence-electron chi connectivity index (χ0n) is 19.3. The van der Waals surface area contributed by atoms with Gasteiger partial charge in [-0.05, 0) is 73.0 Å². The molecular formula is C27H25NO6. The molecule has 1 saturated heterocycles. The Labute approximate surface area is 197 Å². The first-order valence-corrected chi connectivity index (χ1v) is 10.7. The molecule has 3 aromatic rings. The molecule has 7 heteroatoms. The molecule has 7 nitrogen and oxygen atoms in total. The van der Waals surface area contributed by atoms with Crippen molar-refractivity contribution in [2.75, 3.05) is 19.1 Å². The summed E-state index contributed by atoms with van der Waals surface area (Å²) in [5, 5.41) is 21.6. The summed E-state index contributed by atoms with van der Waals surface area (Å²) < 4.78 is 10.7. The van der Waals surface area contributed by atoms with Crippen LogP contribution in [0.15, 0.2) is 66.2 Å². The molecule has 1 atom stereocenters. The van der Waals surface area contributed by atoms with Crippen molar-refractivity contribution in [1.29, 1.82) is 0 Å². The number of aliphatic hydroxyl groups excluding tert-OH is 1. The van der Waals surface area contributed by atoms with Crippen molar-refractivity contribution in [1.82, 2.24) is 0 Å². The van der Waals surface area contributed by atoms with Crippen LogP contribution < -0.4 is 14.4 Å². The second-order valence-electron chi connectivity index (χ2n) is 8.12. The van der Waals surface area contributed by atoms with E-state index < -0.39 is 17.7 Å². The Hall–Kier alpha value is -4.26. The van der Waals surface area contributed by atoms with Gasteiger partial charge in [0.1, 0.15) is 23.0 Å². The molecule has 3 aromatic carbocycles. The molecule has 0 saturated carbocycles. The van der Waals surface area contributed by atoms with Crippen molar-refractivity contribution in [3.05, 3.63) is 88.5 Å². The third-order valence-corrected chi connectivity index (χ3v) is 5.86. The van der Waals surface area contributed by atoms with Gasteiger partial charge < -0.3 is 19.7 Å². The third kappa shape index (κ3) is 3.85. The van der Waals surface area contributed by atoms with E-state index in [9.17, 15) is 19.8 Å².